The highest BCUT2D eigenvalue weighted by Crippen LogP contribution is 2.27. The molecule has 1 unspecified atom stereocenters. The zero-order valence-corrected chi connectivity index (χ0v) is 11.8. The zero-order valence-electron chi connectivity index (χ0n) is 11.8. The summed E-state index contributed by atoms with van der Waals surface area (Å²) < 4.78 is 0. The first-order chi connectivity index (χ1) is 9.31. The van der Waals surface area contributed by atoms with Crippen molar-refractivity contribution in [2.24, 2.45) is 0 Å². The van der Waals surface area contributed by atoms with Crippen molar-refractivity contribution in [3.05, 3.63) is 35.9 Å². The fourth-order valence-electron chi connectivity index (χ4n) is 2.79. The van der Waals surface area contributed by atoms with Crippen LogP contribution in [0.25, 0.3) is 0 Å². The average Bonchev–Trinajstić information content (AvgIpc) is 2.71. The summed E-state index contributed by atoms with van der Waals surface area (Å²) in [6.45, 7) is 2.60. The third-order valence-corrected chi connectivity index (χ3v) is 3.94. The molecule has 19 heavy (non-hydrogen) atoms. The summed E-state index contributed by atoms with van der Waals surface area (Å²) in [4.78, 5) is 14.1. The summed E-state index contributed by atoms with van der Waals surface area (Å²) in [5.74, 6) is 0.909. The highest BCUT2D eigenvalue weighted by atomic mass is 16.2. The summed E-state index contributed by atoms with van der Waals surface area (Å²) >= 11 is 0. The molecule has 1 fully saturated rings. The van der Waals surface area contributed by atoms with E-state index in [1.54, 1.807) is 0 Å². The van der Waals surface area contributed by atoms with Crippen molar-refractivity contribution in [2.75, 3.05) is 26.7 Å². The van der Waals surface area contributed by atoms with E-state index in [0.717, 1.165) is 32.5 Å². The topological polar surface area (TPSA) is 32.3 Å². The van der Waals surface area contributed by atoms with Gasteiger partial charge in [-0.2, -0.15) is 0 Å². The molecule has 0 radical (unpaired) electrons. The molecule has 1 amide bonds. The van der Waals surface area contributed by atoms with Gasteiger partial charge in [-0.25, -0.2) is 0 Å². The molecule has 1 aromatic carbocycles. The van der Waals surface area contributed by atoms with E-state index in [2.05, 4.69) is 35.6 Å². The standard InChI is InChI=1S/C16H24N2O/c1-17-11-9-16(19)18-12-5-8-15(10-13-18)14-6-3-2-4-7-14/h2-4,6-7,15,17H,5,8-13H2,1H3. The first-order valence-electron chi connectivity index (χ1n) is 7.28. The molecule has 1 N–H and O–H groups in total. The second-order valence-corrected chi connectivity index (χ2v) is 5.27. The van der Waals surface area contributed by atoms with Gasteiger partial charge < -0.3 is 10.2 Å². The zero-order chi connectivity index (χ0) is 13.5. The lowest BCUT2D eigenvalue weighted by atomic mass is 9.92. The van der Waals surface area contributed by atoms with Gasteiger partial charge in [-0.3, -0.25) is 4.79 Å². The van der Waals surface area contributed by atoms with Crippen LogP contribution in [0.2, 0.25) is 0 Å². The molecule has 3 nitrogen and oxygen atoms in total. The third-order valence-electron chi connectivity index (χ3n) is 3.94. The molecule has 0 bridgehead atoms. The second-order valence-electron chi connectivity index (χ2n) is 5.27. The van der Waals surface area contributed by atoms with Gasteiger partial charge in [0.2, 0.25) is 5.91 Å². The van der Waals surface area contributed by atoms with E-state index in [0.29, 0.717) is 18.2 Å². The molecule has 1 aliphatic heterocycles. The molecule has 2 rings (SSSR count). The van der Waals surface area contributed by atoms with Crippen LogP contribution in [0.15, 0.2) is 30.3 Å². The van der Waals surface area contributed by atoms with Crippen LogP contribution < -0.4 is 5.32 Å². The van der Waals surface area contributed by atoms with Crippen molar-refractivity contribution in [1.82, 2.24) is 10.2 Å². The fourth-order valence-corrected chi connectivity index (χ4v) is 2.79. The molecule has 1 aromatic rings. The molecule has 1 aliphatic rings. The van der Waals surface area contributed by atoms with E-state index in [1.807, 2.05) is 11.9 Å². The molecule has 0 saturated carbocycles. The summed E-state index contributed by atoms with van der Waals surface area (Å²) in [6.07, 6.45) is 4.02. The largest absolute Gasteiger partial charge is 0.343 e. The van der Waals surface area contributed by atoms with Gasteiger partial charge >= 0.3 is 0 Å². The number of nitrogens with one attached hydrogen (secondary N) is 1. The molecule has 0 aromatic heterocycles. The van der Waals surface area contributed by atoms with Crippen LogP contribution in [0.4, 0.5) is 0 Å². The van der Waals surface area contributed by atoms with Gasteiger partial charge in [0.25, 0.3) is 0 Å². The van der Waals surface area contributed by atoms with Crippen molar-refractivity contribution >= 4 is 5.91 Å². The highest BCUT2D eigenvalue weighted by molar-refractivity contribution is 5.76. The van der Waals surface area contributed by atoms with E-state index >= 15 is 0 Å². The Balaban J connectivity index is 1.89. The Bertz CT molecular complexity index is 391. The van der Waals surface area contributed by atoms with Gasteiger partial charge in [0.1, 0.15) is 0 Å². The van der Waals surface area contributed by atoms with Crippen molar-refractivity contribution < 1.29 is 4.79 Å². The minimum atomic E-state index is 0.295. The monoisotopic (exact) mass is 260 g/mol. The minimum absolute atomic E-state index is 0.295. The summed E-state index contributed by atoms with van der Waals surface area (Å²) in [5, 5.41) is 3.04. The fraction of sp³-hybridized carbons (Fsp3) is 0.562. The molecule has 104 valence electrons. The Morgan fingerprint density at radius 2 is 2.05 bits per heavy atom. The third kappa shape index (κ3) is 4.06. The number of benzene rings is 1. The summed E-state index contributed by atoms with van der Waals surface area (Å²) in [5.41, 5.74) is 1.42. The van der Waals surface area contributed by atoms with E-state index in [-0.39, 0.29) is 0 Å². The van der Waals surface area contributed by atoms with E-state index in [4.69, 9.17) is 0 Å². The number of likely N-dealkylation sites (tertiary alicyclic amines) is 1. The van der Waals surface area contributed by atoms with Gasteiger partial charge in [-0.05, 0) is 37.8 Å². The molecule has 1 heterocycles. The lowest BCUT2D eigenvalue weighted by Gasteiger charge is -2.20. The second kappa shape index (κ2) is 7.29. The van der Waals surface area contributed by atoms with Crippen molar-refractivity contribution in [1.29, 1.82) is 0 Å². The van der Waals surface area contributed by atoms with Gasteiger partial charge in [0.05, 0.1) is 0 Å². The highest BCUT2D eigenvalue weighted by Gasteiger charge is 2.20. The molecule has 1 atom stereocenters. The van der Waals surface area contributed by atoms with Gasteiger partial charge in [-0.15, -0.1) is 0 Å². The van der Waals surface area contributed by atoms with E-state index < -0.39 is 0 Å². The Hall–Kier alpha value is -1.35. The number of carbonyl (C=O) groups is 1. The van der Waals surface area contributed by atoms with Crippen molar-refractivity contribution in [3.8, 4) is 0 Å². The number of amides is 1. The Morgan fingerprint density at radius 1 is 1.26 bits per heavy atom. The maximum Gasteiger partial charge on any atom is 0.223 e. The number of hydrogen-bond acceptors (Lipinski definition) is 2. The molecule has 0 spiro atoms. The molecule has 0 aliphatic carbocycles. The maximum atomic E-state index is 12.0. The first kappa shape index (κ1) is 14.1. The average molecular weight is 260 g/mol. The Morgan fingerprint density at radius 3 is 2.79 bits per heavy atom. The number of hydrogen-bond donors (Lipinski definition) is 1. The number of carbonyl (C=O) groups excluding carboxylic acids is 1. The predicted molar refractivity (Wildman–Crippen MR) is 78.2 cm³/mol. The number of nitrogens with zero attached hydrogens (tertiary/aromatic N) is 1. The van der Waals surface area contributed by atoms with Crippen LogP contribution in [0.3, 0.4) is 0 Å². The van der Waals surface area contributed by atoms with Gasteiger partial charge in [0.15, 0.2) is 0 Å². The quantitative estimate of drug-likeness (QED) is 0.901. The van der Waals surface area contributed by atoms with Crippen molar-refractivity contribution in [3.63, 3.8) is 0 Å². The van der Waals surface area contributed by atoms with Crippen LogP contribution in [0.1, 0.15) is 37.2 Å². The summed E-state index contributed by atoms with van der Waals surface area (Å²) in [6, 6.07) is 10.7. The van der Waals surface area contributed by atoms with Crippen LogP contribution in [-0.2, 0) is 4.79 Å². The van der Waals surface area contributed by atoms with Gasteiger partial charge in [-0.1, -0.05) is 30.3 Å². The normalized spacial score (nSPS) is 20.1. The van der Waals surface area contributed by atoms with Crippen LogP contribution in [0.5, 0.6) is 0 Å². The smallest absolute Gasteiger partial charge is 0.223 e. The minimum Gasteiger partial charge on any atom is -0.343 e. The van der Waals surface area contributed by atoms with Crippen LogP contribution >= 0.6 is 0 Å². The van der Waals surface area contributed by atoms with Crippen molar-refractivity contribution in [2.45, 2.75) is 31.6 Å². The van der Waals surface area contributed by atoms with Gasteiger partial charge in [0, 0.05) is 26.1 Å². The van der Waals surface area contributed by atoms with Crippen LogP contribution in [0, 0.1) is 0 Å². The Labute approximate surface area is 116 Å². The summed E-state index contributed by atoms with van der Waals surface area (Å²) in [7, 11) is 1.89. The first-order valence-corrected chi connectivity index (χ1v) is 7.28. The molecule has 3 heteroatoms. The SMILES string of the molecule is CNCCC(=O)N1CCCC(c2ccccc2)CC1. The number of rotatable bonds is 4. The maximum absolute atomic E-state index is 12.0. The molecular formula is C16H24N2O. The lowest BCUT2D eigenvalue weighted by molar-refractivity contribution is -0.131. The van der Waals surface area contributed by atoms with E-state index in [9.17, 15) is 4.79 Å². The molecule has 1 saturated heterocycles. The van der Waals surface area contributed by atoms with E-state index in [1.165, 1.54) is 12.0 Å². The predicted octanol–water partition coefficient (Wildman–Crippen LogP) is 2.39. The van der Waals surface area contributed by atoms with Crippen LogP contribution in [-0.4, -0.2) is 37.5 Å². The molecular weight excluding hydrogens is 236 g/mol. The Kier molecular flexibility index (Phi) is 5.40. The lowest BCUT2D eigenvalue weighted by Crippen LogP contribution is -2.33.